The highest BCUT2D eigenvalue weighted by molar-refractivity contribution is 5.99. The van der Waals surface area contributed by atoms with E-state index in [1.165, 1.54) is 6.20 Å². The van der Waals surface area contributed by atoms with Gasteiger partial charge in [-0.3, -0.25) is 14.8 Å². The molecule has 1 atom stereocenters. The van der Waals surface area contributed by atoms with Crippen LogP contribution < -0.4 is 10.6 Å². The highest BCUT2D eigenvalue weighted by Crippen LogP contribution is 2.20. The minimum absolute atomic E-state index is 0.219. The zero-order valence-electron chi connectivity index (χ0n) is 15.9. The fraction of sp³-hybridized carbons (Fsp3) is 0.368. The summed E-state index contributed by atoms with van der Waals surface area (Å²) >= 11 is 0. The van der Waals surface area contributed by atoms with Crippen LogP contribution in [0.1, 0.15) is 49.7 Å². The summed E-state index contributed by atoms with van der Waals surface area (Å²) in [7, 11) is 0. The lowest BCUT2D eigenvalue weighted by Gasteiger charge is -2.19. The molecule has 0 saturated heterocycles. The molecule has 0 spiro atoms. The fourth-order valence-electron chi connectivity index (χ4n) is 2.25. The van der Waals surface area contributed by atoms with Gasteiger partial charge in [0.2, 0.25) is 6.10 Å². The zero-order chi connectivity index (χ0) is 20.0. The molecule has 27 heavy (non-hydrogen) atoms. The van der Waals surface area contributed by atoms with Gasteiger partial charge in [0.15, 0.2) is 0 Å². The normalized spacial score (nSPS) is 12.1. The first-order chi connectivity index (χ1) is 12.7. The van der Waals surface area contributed by atoms with Crippen LogP contribution in [0.3, 0.4) is 0 Å². The van der Waals surface area contributed by atoms with Gasteiger partial charge in [0.1, 0.15) is 0 Å². The predicted molar refractivity (Wildman–Crippen MR) is 99.0 cm³/mol. The lowest BCUT2D eigenvalue weighted by Crippen LogP contribution is -2.42. The Labute approximate surface area is 157 Å². The second kappa shape index (κ2) is 8.48. The number of hydrogen-bond donors (Lipinski definition) is 2. The van der Waals surface area contributed by atoms with E-state index in [1.54, 1.807) is 48.1 Å². The zero-order valence-corrected chi connectivity index (χ0v) is 15.9. The van der Waals surface area contributed by atoms with Crippen molar-refractivity contribution in [1.29, 1.82) is 0 Å². The van der Waals surface area contributed by atoms with E-state index in [2.05, 4.69) is 15.7 Å². The van der Waals surface area contributed by atoms with Gasteiger partial charge in [-0.1, -0.05) is 30.3 Å². The van der Waals surface area contributed by atoms with E-state index in [0.717, 1.165) is 0 Å². The molecule has 0 aliphatic rings. The SMILES string of the molecule is CCNC(=O)NC(=O)[C@@H](OC(=O)c1cnn(C(C)(C)C)c1)c1ccccc1. The van der Waals surface area contributed by atoms with Gasteiger partial charge in [0.05, 0.1) is 17.3 Å². The molecule has 0 unspecified atom stereocenters. The van der Waals surface area contributed by atoms with E-state index >= 15 is 0 Å². The summed E-state index contributed by atoms with van der Waals surface area (Å²) in [5.74, 6) is -1.44. The molecule has 8 heteroatoms. The standard InChI is InChI=1S/C19H24N4O4/c1-5-20-18(26)22-16(24)15(13-9-7-6-8-10-13)27-17(25)14-11-21-23(12-14)19(2,3)4/h6-12,15H,5H2,1-4H3,(H2,20,22,24,26)/t15-/m0/s1. The van der Waals surface area contributed by atoms with Crippen molar-refractivity contribution in [2.24, 2.45) is 0 Å². The molecular weight excluding hydrogens is 348 g/mol. The third-order valence-corrected chi connectivity index (χ3v) is 3.65. The minimum atomic E-state index is -1.26. The molecule has 3 amide bonds. The second-order valence-electron chi connectivity index (χ2n) is 6.89. The quantitative estimate of drug-likeness (QED) is 0.785. The Morgan fingerprint density at radius 1 is 1.19 bits per heavy atom. The van der Waals surface area contributed by atoms with Crippen molar-refractivity contribution in [3.8, 4) is 0 Å². The number of urea groups is 1. The molecule has 2 rings (SSSR count). The first-order valence-electron chi connectivity index (χ1n) is 8.62. The largest absolute Gasteiger partial charge is 0.444 e. The molecule has 1 heterocycles. The maximum atomic E-state index is 12.5. The Morgan fingerprint density at radius 3 is 2.41 bits per heavy atom. The number of esters is 1. The lowest BCUT2D eigenvalue weighted by molar-refractivity contribution is -0.129. The second-order valence-corrected chi connectivity index (χ2v) is 6.89. The lowest BCUT2D eigenvalue weighted by atomic mass is 10.1. The molecule has 0 aliphatic carbocycles. The third kappa shape index (κ3) is 5.40. The van der Waals surface area contributed by atoms with Crippen LogP contribution in [0.4, 0.5) is 4.79 Å². The Morgan fingerprint density at radius 2 is 1.85 bits per heavy atom. The molecule has 0 fully saturated rings. The number of carbonyl (C=O) groups excluding carboxylic acids is 3. The first kappa shape index (κ1) is 20.2. The first-order valence-corrected chi connectivity index (χ1v) is 8.62. The molecule has 0 bridgehead atoms. The van der Waals surface area contributed by atoms with Crippen molar-refractivity contribution in [1.82, 2.24) is 20.4 Å². The maximum absolute atomic E-state index is 12.5. The molecule has 8 nitrogen and oxygen atoms in total. The minimum Gasteiger partial charge on any atom is -0.444 e. The Bertz CT molecular complexity index is 809. The van der Waals surface area contributed by atoms with Gasteiger partial charge in [-0.25, -0.2) is 9.59 Å². The molecule has 2 N–H and O–H groups in total. The van der Waals surface area contributed by atoms with Crippen molar-refractivity contribution in [3.05, 3.63) is 53.9 Å². The van der Waals surface area contributed by atoms with Crippen molar-refractivity contribution in [2.75, 3.05) is 6.54 Å². The number of hydrogen-bond acceptors (Lipinski definition) is 5. The van der Waals surface area contributed by atoms with Crippen LogP contribution in [0.15, 0.2) is 42.7 Å². The fourth-order valence-corrected chi connectivity index (χ4v) is 2.25. The van der Waals surface area contributed by atoms with Crippen LogP contribution in [0, 0.1) is 0 Å². The van der Waals surface area contributed by atoms with E-state index < -0.39 is 24.0 Å². The molecule has 0 radical (unpaired) electrons. The maximum Gasteiger partial charge on any atom is 0.342 e. The summed E-state index contributed by atoms with van der Waals surface area (Å²) < 4.78 is 7.04. The van der Waals surface area contributed by atoms with Crippen molar-refractivity contribution >= 4 is 17.9 Å². The predicted octanol–water partition coefficient (Wildman–Crippen LogP) is 2.38. The van der Waals surface area contributed by atoms with Crippen molar-refractivity contribution < 1.29 is 19.1 Å². The van der Waals surface area contributed by atoms with Gasteiger partial charge in [0, 0.05) is 18.3 Å². The summed E-state index contributed by atoms with van der Waals surface area (Å²) in [6.07, 6.45) is 1.68. The molecule has 144 valence electrons. The summed E-state index contributed by atoms with van der Waals surface area (Å²) in [5.41, 5.74) is 0.375. The van der Waals surface area contributed by atoms with Gasteiger partial charge in [-0.15, -0.1) is 0 Å². The van der Waals surface area contributed by atoms with E-state index in [0.29, 0.717) is 12.1 Å². The molecule has 0 saturated carbocycles. The van der Waals surface area contributed by atoms with Crippen LogP contribution in [-0.2, 0) is 15.1 Å². The van der Waals surface area contributed by atoms with Crippen LogP contribution >= 0.6 is 0 Å². The summed E-state index contributed by atoms with van der Waals surface area (Å²) in [6.45, 7) is 7.93. The van der Waals surface area contributed by atoms with Crippen LogP contribution in [-0.4, -0.2) is 34.2 Å². The number of amides is 3. The number of aromatic nitrogens is 2. The monoisotopic (exact) mass is 372 g/mol. The number of nitrogens with one attached hydrogen (secondary N) is 2. The molecule has 1 aromatic heterocycles. The topological polar surface area (TPSA) is 102 Å². The number of carbonyl (C=O) groups is 3. The van der Waals surface area contributed by atoms with Gasteiger partial charge in [-0.2, -0.15) is 5.10 Å². The number of benzene rings is 1. The number of nitrogens with zero attached hydrogens (tertiary/aromatic N) is 2. The molecule has 0 aliphatic heterocycles. The van der Waals surface area contributed by atoms with E-state index in [-0.39, 0.29) is 11.1 Å². The van der Waals surface area contributed by atoms with Crippen molar-refractivity contribution in [2.45, 2.75) is 39.3 Å². The van der Waals surface area contributed by atoms with Gasteiger partial charge < -0.3 is 10.1 Å². The van der Waals surface area contributed by atoms with E-state index in [1.807, 2.05) is 20.8 Å². The van der Waals surface area contributed by atoms with Crippen molar-refractivity contribution in [3.63, 3.8) is 0 Å². The number of imide groups is 1. The van der Waals surface area contributed by atoms with Gasteiger partial charge in [0.25, 0.3) is 5.91 Å². The Kier molecular flexibility index (Phi) is 6.33. The Balaban J connectivity index is 2.21. The van der Waals surface area contributed by atoms with E-state index in [4.69, 9.17) is 4.74 Å². The van der Waals surface area contributed by atoms with Crippen LogP contribution in [0.25, 0.3) is 0 Å². The Hall–Kier alpha value is -3.16. The highest BCUT2D eigenvalue weighted by Gasteiger charge is 2.28. The average Bonchev–Trinajstić information content (AvgIpc) is 3.11. The average molecular weight is 372 g/mol. The smallest absolute Gasteiger partial charge is 0.342 e. The third-order valence-electron chi connectivity index (χ3n) is 3.65. The summed E-state index contributed by atoms with van der Waals surface area (Å²) in [5, 5.41) is 8.80. The summed E-state index contributed by atoms with van der Waals surface area (Å²) in [4.78, 5) is 36.7. The van der Waals surface area contributed by atoms with Crippen LogP contribution in [0.5, 0.6) is 0 Å². The van der Waals surface area contributed by atoms with E-state index in [9.17, 15) is 14.4 Å². The number of ether oxygens (including phenoxy) is 1. The van der Waals surface area contributed by atoms with Gasteiger partial charge >= 0.3 is 12.0 Å². The molecule has 2 aromatic rings. The highest BCUT2D eigenvalue weighted by atomic mass is 16.5. The number of rotatable bonds is 5. The van der Waals surface area contributed by atoms with Crippen LogP contribution in [0.2, 0.25) is 0 Å². The van der Waals surface area contributed by atoms with Gasteiger partial charge in [-0.05, 0) is 27.7 Å². The molecular formula is C19H24N4O4. The molecule has 1 aromatic carbocycles. The summed E-state index contributed by atoms with van der Waals surface area (Å²) in [6, 6.07) is 7.85.